The van der Waals surface area contributed by atoms with Crippen molar-refractivity contribution in [3.05, 3.63) is 105 Å². The van der Waals surface area contributed by atoms with E-state index in [0.29, 0.717) is 35.4 Å². The number of hydrogen-bond acceptors (Lipinski definition) is 11. The Labute approximate surface area is 366 Å². The SMILES string of the molecule is CNc1cc(Nc2cccn(-c3cc(C(=O)NCCCCCCCCCCc4ccc5c(c4)n(C)c(=O)n5C4CCC(=O)NC4=O)ccn3)c2=O)nn2c(C(=O)N[C@@H]3C[C@@H]3F)cnc12. The number of carbonyl (C=O) groups excluding carboxylic acids is 4. The van der Waals surface area contributed by atoms with Gasteiger partial charge in [0, 0.05) is 57.5 Å². The van der Waals surface area contributed by atoms with E-state index in [1.807, 2.05) is 18.2 Å². The van der Waals surface area contributed by atoms with Crippen molar-refractivity contribution in [3.63, 3.8) is 0 Å². The van der Waals surface area contributed by atoms with Gasteiger partial charge in [0.25, 0.3) is 17.4 Å². The summed E-state index contributed by atoms with van der Waals surface area (Å²) in [6.07, 6.45) is 13.4. The van der Waals surface area contributed by atoms with Crippen molar-refractivity contribution in [1.29, 1.82) is 0 Å². The predicted molar refractivity (Wildman–Crippen MR) is 238 cm³/mol. The van der Waals surface area contributed by atoms with E-state index in [1.54, 1.807) is 55.2 Å². The Kier molecular flexibility index (Phi) is 12.9. The summed E-state index contributed by atoms with van der Waals surface area (Å²) in [6.45, 7) is 0.520. The van der Waals surface area contributed by atoms with E-state index in [4.69, 9.17) is 0 Å². The monoisotopic (exact) mass is 874 g/mol. The Morgan fingerprint density at radius 3 is 2.41 bits per heavy atom. The Bertz CT molecular complexity index is 2860. The third-order valence-electron chi connectivity index (χ3n) is 11.8. The van der Waals surface area contributed by atoms with Gasteiger partial charge in [0.05, 0.1) is 29.0 Å². The average molecular weight is 875 g/mol. The molecule has 1 saturated carbocycles. The van der Waals surface area contributed by atoms with Crippen molar-refractivity contribution in [2.45, 2.75) is 95.3 Å². The summed E-state index contributed by atoms with van der Waals surface area (Å²) in [5.74, 6) is -1.02. The van der Waals surface area contributed by atoms with Gasteiger partial charge in [0.2, 0.25) is 11.8 Å². The number of alkyl halides is 1. The molecule has 6 aromatic rings. The number of fused-ring (bicyclic) bond motifs is 2. The zero-order chi connectivity index (χ0) is 44.9. The van der Waals surface area contributed by atoms with Crippen molar-refractivity contribution in [1.82, 2.24) is 49.2 Å². The number of imide groups is 1. The maximum atomic E-state index is 13.7. The predicted octanol–water partition coefficient (Wildman–Crippen LogP) is 4.63. The van der Waals surface area contributed by atoms with E-state index < -0.39 is 35.6 Å². The van der Waals surface area contributed by atoms with E-state index in [0.717, 1.165) is 68.9 Å². The minimum absolute atomic E-state index is 0.117. The number of piperidine rings is 1. The van der Waals surface area contributed by atoms with Gasteiger partial charge in [-0.15, -0.1) is 5.10 Å². The van der Waals surface area contributed by atoms with Crippen molar-refractivity contribution < 1.29 is 23.6 Å². The highest BCUT2D eigenvalue weighted by atomic mass is 19.1. The normalized spacial score (nSPS) is 17.1. The fourth-order valence-electron chi connectivity index (χ4n) is 8.14. The number of nitrogens with zero attached hydrogens (tertiary/aromatic N) is 7. The number of pyridine rings is 2. The van der Waals surface area contributed by atoms with Gasteiger partial charge in [-0.25, -0.2) is 23.7 Å². The number of unbranched alkanes of at least 4 members (excludes halogenated alkanes) is 7. The average Bonchev–Trinajstić information content (AvgIpc) is 3.70. The second-order valence-electron chi connectivity index (χ2n) is 16.4. The molecule has 0 radical (unpaired) electrons. The summed E-state index contributed by atoms with van der Waals surface area (Å²) >= 11 is 0. The van der Waals surface area contributed by atoms with Crippen LogP contribution < -0.4 is 37.8 Å². The smallest absolute Gasteiger partial charge is 0.329 e. The van der Waals surface area contributed by atoms with E-state index >= 15 is 0 Å². The van der Waals surface area contributed by atoms with Crippen molar-refractivity contribution in [2.24, 2.45) is 7.05 Å². The fourth-order valence-corrected chi connectivity index (χ4v) is 8.14. The number of anilines is 3. The number of rotatable bonds is 19. The van der Waals surface area contributed by atoms with Crippen LogP contribution in [0.4, 0.5) is 21.6 Å². The molecule has 1 saturated heterocycles. The standard InChI is InChI=1S/C45H51FN12O6/c1-47-32-25-37(54-58-36(26-50-40(32)58)43(62)52-31-24-29(31)46)51-30-13-11-21-56(44(30)63)38-23-28(18-20-48-38)41(60)49-19-10-8-6-4-3-5-7-9-12-27-14-15-33-35(22-27)55(2)45(64)57(33)34-16-17-39(59)53-42(34)61/h11,13-15,18,20-23,25-26,29,31,34,47H,3-10,12,16-17,19,24H2,1-2H3,(H,49,60)(H,51,54)(H,52,62)(H,53,59,61)/t29-,31+,34?/m0/s1. The van der Waals surface area contributed by atoms with Gasteiger partial charge in [0.1, 0.15) is 23.7 Å². The number of benzene rings is 1. The molecule has 19 heteroatoms. The van der Waals surface area contributed by atoms with Crippen LogP contribution in [0.2, 0.25) is 0 Å². The molecule has 3 atom stereocenters. The first-order valence-electron chi connectivity index (χ1n) is 21.8. The van der Waals surface area contributed by atoms with Crippen LogP contribution in [0.3, 0.4) is 0 Å². The van der Waals surface area contributed by atoms with Crippen LogP contribution in [0.15, 0.2) is 76.7 Å². The van der Waals surface area contributed by atoms with Crippen molar-refractivity contribution in [2.75, 3.05) is 24.2 Å². The molecular weight excluding hydrogens is 824 g/mol. The molecule has 2 aliphatic rings. The lowest BCUT2D eigenvalue weighted by Gasteiger charge is -2.21. The minimum Gasteiger partial charge on any atom is -0.385 e. The lowest BCUT2D eigenvalue weighted by molar-refractivity contribution is -0.135. The number of nitrogens with one attached hydrogen (secondary N) is 5. The molecular formula is C45H51FN12O6. The number of amides is 4. The largest absolute Gasteiger partial charge is 0.385 e. The van der Waals surface area contributed by atoms with Gasteiger partial charge in [-0.05, 0) is 67.6 Å². The third-order valence-corrected chi connectivity index (χ3v) is 11.8. The first kappa shape index (κ1) is 43.5. The lowest BCUT2D eigenvalue weighted by atomic mass is 10.0. The molecule has 18 nitrogen and oxygen atoms in total. The zero-order valence-corrected chi connectivity index (χ0v) is 35.7. The Morgan fingerprint density at radius 1 is 0.891 bits per heavy atom. The molecule has 5 N–H and O–H groups in total. The lowest BCUT2D eigenvalue weighted by Crippen LogP contribution is -2.44. The molecule has 1 unspecified atom stereocenters. The quantitative estimate of drug-likeness (QED) is 0.0558. The van der Waals surface area contributed by atoms with E-state index in [-0.39, 0.29) is 53.4 Å². The summed E-state index contributed by atoms with van der Waals surface area (Å²) in [4.78, 5) is 85.4. The molecule has 0 spiro atoms. The first-order chi connectivity index (χ1) is 31.0. The third kappa shape index (κ3) is 9.42. The van der Waals surface area contributed by atoms with Crippen LogP contribution in [0.5, 0.6) is 0 Å². The first-order valence-corrected chi connectivity index (χ1v) is 21.8. The van der Waals surface area contributed by atoms with Gasteiger partial charge >= 0.3 is 5.69 Å². The fraction of sp³-hybridized carbons (Fsp3) is 0.400. The molecule has 4 amide bonds. The Morgan fingerprint density at radius 2 is 1.66 bits per heavy atom. The number of carbonyl (C=O) groups is 4. The molecule has 1 aliphatic carbocycles. The molecule has 2 fully saturated rings. The van der Waals surface area contributed by atoms with Gasteiger partial charge in [-0.3, -0.25) is 43.0 Å². The van der Waals surface area contributed by atoms with E-state index in [9.17, 15) is 33.2 Å². The van der Waals surface area contributed by atoms with Crippen LogP contribution in [0.1, 0.15) is 103 Å². The summed E-state index contributed by atoms with van der Waals surface area (Å²) in [5.41, 5.74) is 3.47. The van der Waals surface area contributed by atoms with Crippen LogP contribution >= 0.6 is 0 Å². The summed E-state index contributed by atoms with van der Waals surface area (Å²) in [6, 6.07) is 12.8. The number of aryl methyl sites for hydroxylation is 2. The molecule has 6 heterocycles. The van der Waals surface area contributed by atoms with Crippen LogP contribution in [-0.2, 0) is 23.1 Å². The van der Waals surface area contributed by atoms with Gasteiger partial charge < -0.3 is 21.3 Å². The van der Waals surface area contributed by atoms with Gasteiger partial charge in [-0.2, -0.15) is 0 Å². The topological polar surface area (TPSA) is 220 Å². The van der Waals surface area contributed by atoms with Crippen LogP contribution in [0.25, 0.3) is 22.5 Å². The highest BCUT2D eigenvalue weighted by Gasteiger charge is 2.39. The number of hydrogen-bond donors (Lipinski definition) is 5. The van der Waals surface area contributed by atoms with Gasteiger partial charge in [0.15, 0.2) is 17.2 Å². The van der Waals surface area contributed by atoms with E-state index in [1.165, 1.54) is 26.0 Å². The minimum atomic E-state index is -1.07. The molecule has 8 rings (SSSR count). The molecule has 0 bridgehead atoms. The molecule has 1 aromatic carbocycles. The molecule has 1 aliphatic heterocycles. The summed E-state index contributed by atoms with van der Waals surface area (Å²) < 4.78 is 19.2. The Hall–Kier alpha value is -7.18. The second-order valence-corrected chi connectivity index (χ2v) is 16.4. The second kappa shape index (κ2) is 19.1. The van der Waals surface area contributed by atoms with Crippen LogP contribution in [0, 0.1) is 0 Å². The summed E-state index contributed by atoms with van der Waals surface area (Å²) in [5, 5.41) is 18.5. The Balaban J connectivity index is 0.764. The van der Waals surface area contributed by atoms with E-state index in [2.05, 4.69) is 41.7 Å². The summed E-state index contributed by atoms with van der Waals surface area (Å²) in [7, 11) is 3.40. The highest BCUT2D eigenvalue weighted by molar-refractivity contribution is 6.00. The van der Waals surface area contributed by atoms with Crippen LogP contribution in [-0.4, -0.2) is 82.7 Å². The highest BCUT2D eigenvalue weighted by Crippen LogP contribution is 2.27. The molecule has 64 heavy (non-hydrogen) atoms. The molecule has 334 valence electrons. The van der Waals surface area contributed by atoms with Crippen molar-refractivity contribution >= 4 is 57.5 Å². The number of imidazole rings is 2. The van der Waals surface area contributed by atoms with Gasteiger partial charge in [-0.1, -0.05) is 44.6 Å². The number of aromatic nitrogens is 7. The maximum Gasteiger partial charge on any atom is 0.329 e. The zero-order valence-electron chi connectivity index (χ0n) is 35.7. The molecule has 5 aromatic heterocycles. The van der Waals surface area contributed by atoms with Crippen molar-refractivity contribution in [3.8, 4) is 5.82 Å². The number of halogens is 1. The maximum absolute atomic E-state index is 13.7.